The molecule has 2 nitrogen and oxygen atoms in total. The van der Waals surface area contributed by atoms with E-state index in [1.807, 2.05) is 12.1 Å². The number of nitrogens with zero attached hydrogens (tertiary/aromatic N) is 1. The van der Waals surface area contributed by atoms with Crippen molar-refractivity contribution in [3.8, 4) is 0 Å². The fourth-order valence-electron chi connectivity index (χ4n) is 2.07. The van der Waals surface area contributed by atoms with Crippen LogP contribution in [0.5, 0.6) is 0 Å². The highest BCUT2D eigenvalue weighted by Gasteiger charge is 2.01. The van der Waals surface area contributed by atoms with E-state index in [0.29, 0.717) is 11.6 Å². The summed E-state index contributed by atoms with van der Waals surface area (Å²) in [6.45, 7) is 0.684. The lowest BCUT2D eigenvalue weighted by Crippen LogP contribution is -2.00. The van der Waals surface area contributed by atoms with Crippen LogP contribution in [-0.4, -0.2) is 4.98 Å². The van der Waals surface area contributed by atoms with Crippen LogP contribution < -0.4 is 5.32 Å². The maximum Gasteiger partial charge on any atom is 0.0639 e. The van der Waals surface area contributed by atoms with Gasteiger partial charge in [-0.3, -0.25) is 4.98 Å². The zero-order chi connectivity index (χ0) is 13.9. The van der Waals surface area contributed by atoms with Gasteiger partial charge in [-0.25, -0.2) is 0 Å². The predicted octanol–water partition coefficient (Wildman–Crippen LogP) is 5.26. The van der Waals surface area contributed by atoms with Crippen molar-refractivity contribution in [2.45, 2.75) is 6.54 Å². The number of halogens is 2. The average Bonchev–Trinajstić information content (AvgIpc) is 2.46. The SMILES string of the molecule is Clc1cnccc1CNc1ccc2cc(Br)ccc2c1. The molecule has 20 heavy (non-hydrogen) atoms. The molecule has 1 heterocycles. The molecular weight excluding hydrogens is 336 g/mol. The van der Waals surface area contributed by atoms with Crippen LogP contribution in [0.1, 0.15) is 5.56 Å². The molecule has 0 fully saturated rings. The third-order valence-electron chi connectivity index (χ3n) is 3.14. The van der Waals surface area contributed by atoms with Crippen LogP contribution in [-0.2, 0) is 6.54 Å². The number of anilines is 1. The Bertz CT molecular complexity index is 758. The van der Waals surface area contributed by atoms with E-state index in [0.717, 1.165) is 15.7 Å². The standard InChI is InChI=1S/C16H12BrClN2/c17-14-3-1-12-8-15(4-2-11(12)7-14)20-9-13-5-6-19-10-16(13)18/h1-8,10,20H,9H2. The molecule has 2 aromatic carbocycles. The minimum Gasteiger partial charge on any atom is -0.381 e. The molecular formula is C16H12BrClN2. The van der Waals surface area contributed by atoms with E-state index in [9.17, 15) is 0 Å². The van der Waals surface area contributed by atoms with Gasteiger partial charge in [0.15, 0.2) is 0 Å². The molecule has 3 aromatic rings. The number of fused-ring (bicyclic) bond motifs is 1. The van der Waals surface area contributed by atoms with Crippen molar-refractivity contribution in [3.05, 3.63) is 69.9 Å². The van der Waals surface area contributed by atoms with Gasteiger partial charge in [-0.15, -0.1) is 0 Å². The molecule has 100 valence electrons. The molecule has 0 aliphatic heterocycles. The second-order valence-electron chi connectivity index (χ2n) is 4.53. The summed E-state index contributed by atoms with van der Waals surface area (Å²) in [6, 6.07) is 14.5. The number of pyridine rings is 1. The summed E-state index contributed by atoms with van der Waals surface area (Å²) >= 11 is 9.58. The lowest BCUT2D eigenvalue weighted by Gasteiger charge is -2.09. The fourth-order valence-corrected chi connectivity index (χ4v) is 2.64. The van der Waals surface area contributed by atoms with Gasteiger partial charge in [0.2, 0.25) is 0 Å². The van der Waals surface area contributed by atoms with Crippen molar-refractivity contribution in [1.29, 1.82) is 0 Å². The van der Waals surface area contributed by atoms with Crippen LogP contribution in [0.2, 0.25) is 5.02 Å². The molecule has 0 radical (unpaired) electrons. The monoisotopic (exact) mass is 346 g/mol. The molecule has 0 spiro atoms. The Morgan fingerprint density at radius 1 is 1.05 bits per heavy atom. The van der Waals surface area contributed by atoms with Crippen LogP contribution in [0.4, 0.5) is 5.69 Å². The van der Waals surface area contributed by atoms with Crippen LogP contribution in [0.15, 0.2) is 59.3 Å². The maximum atomic E-state index is 6.10. The van der Waals surface area contributed by atoms with E-state index in [1.165, 1.54) is 10.8 Å². The van der Waals surface area contributed by atoms with Gasteiger partial charge in [0.05, 0.1) is 5.02 Å². The van der Waals surface area contributed by atoms with E-state index in [-0.39, 0.29) is 0 Å². The third-order valence-corrected chi connectivity index (χ3v) is 3.98. The first kappa shape index (κ1) is 13.4. The van der Waals surface area contributed by atoms with Gasteiger partial charge in [-0.05, 0) is 46.7 Å². The number of hydrogen-bond acceptors (Lipinski definition) is 2. The second kappa shape index (κ2) is 5.81. The highest BCUT2D eigenvalue weighted by Crippen LogP contribution is 2.23. The summed E-state index contributed by atoms with van der Waals surface area (Å²) in [5.41, 5.74) is 2.12. The van der Waals surface area contributed by atoms with E-state index in [2.05, 4.69) is 56.6 Å². The average molecular weight is 348 g/mol. The van der Waals surface area contributed by atoms with Crippen molar-refractivity contribution in [2.75, 3.05) is 5.32 Å². The Morgan fingerprint density at radius 3 is 2.70 bits per heavy atom. The largest absolute Gasteiger partial charge is 0.381 e. The first-order valence-electron chi connectivity index (χ1n) is 6.24. The van der Waals surface area contributed by atoms with Gasteiger partial charge in [-0.1, -0.05) is 39.7 Å². The Labute approximate surface area is 130 Å². The summed E-state index contributed by atoms with van der Waals surface area (Å²) in [4.78, 5) is 3.98. The van der Waals surface area contributed by atoms with Gasteiger partial charge in [0.25, 0.3) is 0 Å². The Kier molecular flexibility index (Phi) is 3.90. The molecule has 0 saturated heterocycles. The van der Waals surface area contributed by atoms with E-state index < -0.39 is 0 Å². The first-order chi connectivity index (χ1) is 9.72. The maximum absolute atomic E-state index is 6.10. The fraction of sp³-hybridized carbons (Fsp3) is 0.0625. The van der Waals surface area contributed by atoms with Crippen LogP contribution in [0.3, 0.4) is 0 Å². The summed E-state index contributed by atoms with van der Waals surface area (Å²) in [5.74, 6) is 0. The van der Waals surface area contributed by atoms with Crippen molar-refractivity contribution in [1.82, 2.24) is 4.98 Å². The molecule has 0 amide bonds. The minimum absolute atomic E-state index is 0.684. The minimum atomic E-state index is 0.684. The predicted molar refractivity (Wildman–Crippen MR) is 88.2 cm³/mol. The first-order valence-corrected chi connectivity index (χ1v) is 7.41. The Hall–Kier alpha value is -1.58. The Morgan fingerprint density at radius 2 is 1.85 bits per heavy atom. The van der Waals surface area contributed by atoms with Crippen LogP contribution >= 0.6 is 27.5 Å². The van der Waals surface area contributed by atoms with Gasteiger partial charge in [-0.2, -0.15) is 0 Å². The van der Waals surface area contributed by atoms with Crippen molar-refractivity contribution >= 4 is 44.0 Å². The van der Waals surface area contributed by atoms with Crippen LogP contribution in [0.25, 0.3) is 10.8 Å². The molecule has 1 N–H and O–H groups in total. The van der Waals surface area contributed by atoms with Gasteiger partial charge in [0, 0.05) is 29.1 Å². The molecule has 0 aliphatic carbocycles. The quantitative estimate of drug-likeness (QED) is 0.699. The number of nitrogens with one attached hydrogen (secondary N) is 1. The summed E-state index contributed by atoms with van der Waals surface area (Å²) in [5, 5.41) is 6.49. The topological polar surface area (TPSA) is 24.9 Å². The number of hydrogen-bond donors (Lipinski definition) is 1. The second-order valence-corrected chi connectivity index (χ2v) is 5.85. The summed E-state index contributed by atoms with van der Waals surface area (Å²) < 4.78 is 1.09. The normalized spacial score (nSPS) is 10.7. The lowest BCUT2D eigenvalue weighted by atomic mass is 10.1. The molecule has 3 rings (SSSR count). The Balaban J connectivity index is 1.81. The zero-order valence-electron chi connectivity index (χ0n) is 10.6. The molecule has 4 heteroatoms. The van der Waals surface area contributed by atoms with Crippen molar-refractivity contribution in [2.24, 2.45) is 0 Å². The summed E-state index contributed by atoms with van der Waals surface area (Å²) in [6.07, 6.45) is 3.41. The molecule has 0 aliphatic rings. The zero-order valence-corrected chi connectivity index (χ0v) is 12.9. The van der Waals surface area contributed by atoms with Crippen LogP contribution in [0, 0.1) is 0 Å². The smallest absolute Gasteiger partial charge is 0.0639 e. The highest BCUT2D eigenvalue weighted by atomic mass is 79.9. The van der Waals surface area contributed by atoms with Crippen molar-refractivity contribution < 1.29 is 0 Å². The van der Waals surface area contributed by atoms with E-state index in [4.69, 9.17) is 11.6 Å². The van der Waals surface area contributed by atoms with E-state index in [1.54, 1.807) is 12.4 Å². The summed E-state index contributed by atoms with van der Waals surface area (Å²) in [7, 11) is 0. The highest BCUT2D eigenvalue weighted by molar-refractivity contribution is 9.10. The molecule has 1 aromatic heterocycles. The number of aromatic nitrogens is 1. The van der Waals surface area contributed by atoms with Gasteiger partial charge in [0.1, 0.15) is 0 Å². The molecule has 0 unspecified atom stereocenters. The molecule has 0 saturated carbocycles. The third kappa shape index (κ3) is 2.94. The lowest BCUT2D eigenvalue weighted by molar-refractivity contribution is 1.13. The van der Waals surface area contributed by atoms with E-state index >= 15 is 0 Å². The number of benzene rings is 2. The van der Waals surface area contributed by atoms with Gasteiger partial charge >= 0.3 is 0 Å². The number of rotatable bonds is 3. The molecule has 0 bridgehead atoms. The van der Waals surface area contributed by atoms with Gasteiger partial charge < -0.3 is 5.32 Å². The van der Waals surface area contributed by atoms with Crippen molar-refractivity contribution in [3.63, 3.8) is 0 Å². The molecule has 0 atom stereocenters.